The monoisotopic (exact) mass is 258 g/mol. The second-order valence-corrected chi connectivity index (χ2v) is 5.13. The van der Waals surface area contributed by atoms with Crippen LogP contribution in [-0.2, 0) is 11.3 Å². The molecule has 4 nitrogen and oxygen atoms in total. The Bertz CT molecular complexity index is 485. The highest BCUT2D eigenvalue weighted by Crippen LogP contribution is 2.21. The van der Waals surface area contributed by atoms with Crippen molar-refractivity contribution in [3.8, 4) is 6.07 Å². The maximum absolute atomic E-state index is 10.7. The van der Waals surface area contributed by atoms with E-state index in [4.69, 9.17) is 10.4 Å². The van der Waals surface area contributed by atoms with Crippen LogP contribution in [0.25, 0.3) is 0 Å². The Morgan fingerprint density at radius 1 is 1.42 bits per heavy atom. The van der Waals surface area contributed by atoms with E-state index >= 15 is 0 Å². The van der Waals surface area contributed by atoms with Crippen LogP contribution in [0.5, 0.6) is 0 Å². The number of likely N-dealkylation sites (tertiary alicyclic amines) is 1. The van der Waals surface area contributed by atoms with E-state index in [1.54, 1.807) is 0 Å². The van der Waals surface area contributed by atoms with E-state index in [-0.39, 0.29) is 6.42 Å². The fourth-order valence-electron chi connectivity index (χ4n) is 2.59. The predicted octanol–water partition coefficient (Wildman–Crippen LogP) is 2.24. The van der Waals surface area contributed by atoms with Crippen molar-refractivity contribution < 1.29 is 9.90 Å². The fraction of sp³-hybridized carbons (Fsp3) is 0.467. The molecule has 1 fully saturated rings. The van der Waals surface area contributed by atoms with Crippen LogP contribution >= 0.6 is 0 Å². The van der Waals surface area contributed by atoms with Gasteiger partial charge >= 0.3 is 5.97 Å². The fourth-order valence-corrected chi connectivity index (χ4v) is 2.59. The van der Waals surface area contributed by atoms with Gasteiger partial charge in [0, 0.05) is 13.0 Å². The number of carbonyl (C=O) groups is 1. The van der Waals surface area contributed by atoms with E-state index in [0.29, 0.717) is 11.5 Å². The molecule has 1 aliphatic rings. The van der Waals surface area contributed by atoms with E-state index in [9.17, 15) is 4.79 Å². The maximum Gasteiger partial charge on any atom is 0.303 e. The summed E-state index contributed by atoms with van der Waals surface area (Å²) in [6.45, 7) is 2.72. The first kappa shape index (κ1) is 13.6. The lowest BCUT2D eigenvalue weighted by atomic mass is 9.93. The highest BCUT2D eigenvalue weighted by Gasteiger charge is 2.21. The highest BCUT2D eigenvalue weighted by atomic mass is 16.4. The molecular formula is C15H18N2O2. The first-order valence-electron chi connectivity index (χ1n) is 6.60. The molecule has 0 aliphatic carbocycles. The lowest BCUT2D eigenvalue weighted by Gasteiger charge is -2.31. The van der Waals surface area contributed by atoms with E-state index in [1.165, 1.54) is 0 Å². The average Bonchev–Trinajstić information content (AvgIpc) is 2.41. The molecule has 0 atom stereocenters. The first-order chi connectivity index (χ1) is 9.17. The molecule has 100 valence electrons. The average molecular weight is 258 g/mol. The van der Waals surface area contributed by atoms with Gasteiger partial charge in [-0.2, -0.15) is 5.26 Å². The number of piperidine rings is 1. The van der Waals surface area contributed by atoms with Crippen molar-refractivity contribution in [1.82, 2.24) is 4.90 Å². The number of hydrogen-bond acceptors (Lipinski definition) is 3. The third kappa shape index (κ3) is 4.08. The minimum absolute atomic E-state index is 0.289. The van der Waals surface area contributed by atoms with Gasteiger partial charge < -0.3 is 5.11 Å². The normalized spacial score (nSPS) is 17.0. The minimum Gasteiger partial charge on any atom is -0.481 e. The van der Waals surface area contributed by atoms with Gasteiger partial charge in [0.15, 0.2) is 0 Å². The SMILES string of the molecule is N#Cc1cccc(CN2CCC(CC(=O)O)CC2)c1. The zero-order valence-corrected chi connectivity index (χ0v) is 10.9. The Morgan fingerprint density at radius 2 is 2.16 bits per heavy atom. The van der Waals surface area contributed by atoms with Gasteiger partial charge in [-0.25, -0.2) is 0 Å². The van der Waals surface area contributed by atoms with Gasteiger partial charge in [0.1, 0.15) is 0 Å². The number of carboxylic acid groups (broad SMARTS) is 1. The highest BCUT2D eigenvalue weighted by molar-refractivity contribution is 5.67. The standard InChI is InChI=1S/C15H18N2O2/c16-10-13-2-1-3-14(8-13)11-17-6-4-12(5-7-17)9-15(18)19/h1-3,8,12H,4-7,9,11H2,(H,18,19). The van der Waals surface area contributed by atoms with Crippen LogP contribution in [0.3, 0.4) is 0 Å². The van der Waals surface area contributed by atoms with Gasteiger partial charge in [0.25, 0.3) is 0 Å². The first-order valence-corrected chi connectivity index (χ1v) is 6.60. The topological polar surface area (TPSA) is 64.3 Å². The molecule has 0 amide bonds. The lowest BCUT2D eigenvalue weighted by Crippen LogP contribution is -2.33. The Hall–Kier alpha value is -1.86. The van der Waals surface area contributed by atoms with Crippen molar-refractivity contribution in [2.24, 2.45) is 5.92 Å². The van der Waals surface area contributed by atoms with Crippen LogP contribution in [-0.4, -0.2) is 29.1 Å². The Kier molecular flexibility index (Phi) is 4.53. The Morgan fingerprint density at radius 3 is 2.79 bits per heavy atom. The van der Waals surface area contributed by atoms with Crippen molar-refractivity contribution in [2.45, 2.75) is 25.8 Å². The lowest BCUT2D eigenvalue weighted by molar-refractivity contribution is -0.138. The minimum atomic E-state index is -0.694. The van der Waals surface area contributed by atoms with Gasteiger partial charge in [-0.15, -0.1) is 0 Å². The number of hydrogen-bond donors (Lipinski definition) is 1. The molecule has 0 aromatic heterocycles. The third-order valence-corrected chi connectivity index (χ3v) is 3.63. The van der Waals surface area contributed by atoms with Crippen molar-refractivity contribution in [3.05, 3.63) is 35.4 Å². The van der Waals surface area contributed by atoms with Crippen molar-refractivity contribution >= 4 is 5.97 Å². The summed E-state index contributed by atoms with van der Waals surface area (Å²) in [6, 6.07) is 9.82. The largest absolute Gasteiger partial charge is 0.481 e. The van der Waals surface area contributed by atoms with Crippen LogP contribution < -0.4 is 0 Å². The Labute approximate surface area is 113 Å². The van der Waals surface area contributed by atoms with Crippen LogP contribution in [0.1, 0.15) is 30.4 Å². The molecular weight excluding hydrogens is 240 g/mol. The molecule has 0 bridgehead atoms. The quantitative estimate of drug-likeness (QED) is 0.899. The number of aliphatic carboxylic acids is 1. The number of nitrogens with zero attached hydrogens (tertiary/aromatic N) is 2. The molecule has 0 saturated carbocycles. The third-order valence-electron chi connectivity index (χ3n) is 3.63. The van der Waals surface area contributed by atoms with Gasteiger partial charge in [0.05, 0.1) is 11.6 Å². The van der Waals surface area contributed by atoms with Gasteiger partial charge in [0.2, 0.25) is 0 Å². The number of benzene rings is 1. The second kappa shape index (κ2) is 6.35. The predicted molar refractivity (Wildman–Crippen MR) is 71.4 cm³/mol. The van der Waals surface area contributed by atoms with Gasteiger partial charge in [-0.1, -0.05) is 12.1 Å². The number of carboxylic acids is 1. The molecule has 1 aliphatic heterocycles. The van der Waals surface area contributed by atoms with E-state index < -0.39 is 5.97 Å². The molecule has 2 rings (SSSR count). The summed E-state index contributed by atoms with van der Waals surface area (Å²) < 4.78 is 0. The molecule has 1 aromatic rings. The molecule has 0 unspecified atom stereocenters. The zero-order valence-electron chi connectivity index (χ0n) is 10.9. The van der Waals surface area contributed by atoms with Crippen LogP contribution in [0.15, 0.2) is 24.3 Å². The number of nitriles is 1. The summed E-state index contributed by atoms with van der Waals surface area (Å²) in [7, 11) is 0. The molecule has 1 N–H and O–H groups in total. The van der Waals surface area contributed by atoms with Crippen LogP contribution in [0.2, 0.25) is 0 Å². The van der Waals surface area contributed by atoms with E-state index in [1.807, 2.05) is 24.3 Å². The van der Waals surface area contributed by atoms with E-state index in [2.05, 4.69) is 11.0 Å². The smallest absolute Gasteiger partial charge is 0.303 e. The van der Waals surface area contributed by atoms with E-state index in [0.717, 1.165) is 38.0 Å². The maximum atomic E-state index is 10.7. The molecule has 4 heteroatoms. The molecule has 19 heavy (non-hydrogen) atoms. The van der Waals surface area contributed by atoms with Gasteiger partial charge in [-0.05, 0) is 49.5 Å². The summed E-state index contributed by atoms with van der Waals surface area (Å²) in [6.07, 6.45) is 2.19. The number of rotatable bonds is 4. The van der Waals surface area contributed by atoms with Crippen LogP contribution in [0.4, 0.5) is 0 Å². The van der Waals surface area contributed by atoms with Crippen molar-refractivity contribution in [1.29, 1.82) is 5.26 Å². The molecule has 1 aromatic carbocycles. The Balaban J connectivity index is 1.85. The molecule has 1 saturated heterocycles. The summed E-state index contributed by atoms with van der Waals surface area (Å²) >= 11 is 0. The summed E-state index contributed by atoms with van der Waals surface area (Å²) in [5.74, 6) is -0.376. The summed E-state index contributed by atoms with van der Waals surface area (Å²) in [5, 5.41) is 17.6. The van der Waals surface area contributed by atoms with Crippen molar-refractivity contribution in [2.75, 3.05) is 13.1 Å². The van der Waals surface area contributed by atoms with Crippen molar-refractivity contribution in [3.63, 3.8) is 0 Å². The van der Waals surface area contributed by atoms with Crippen LogP contribution in [0, 0.1) is 17.2 Å². The zero-order chi connectivity index (χ0) is 13.7. The summed E-state index contributed by atoms with van der Waals surface area (Å²) in [5.41, 5.74) is 1.84. The molecule has 1 heterocycles. The summed E-state index contributed by atoms with van der Waals surface area (Å²) in [4.78, 5) is 13.0. The van der Waals surface area contributed by atoms with Gasteiger partial charge in [-0.3, -0.25) is 9.69 Å². The molecule has 0 spiro atoms. The second-order valence-electron chi connectivity index (χ2n) is 5.13. The molecule has 0 radical (unpaired) electrons.